The van der Waals surface area contributed by atoms with Crippen molar-refractivity contribution in [3.8, 4) is 0 Å². The lowest BCUT2D eigenvalue weighted by Gasteiger charge is -2.33. The summed E-state index contributed by atoms with van der Waals surface area (Å²) >= 11 is 0. The van der Waals surface area contributed by atoms with Crippen LogP contribution in [0, 0.1) is 17.6 Å². The van der Waals surface area contributed by atoms with Crippen molar-refractivity contribution in [2.45, 2.75) is 58.5 Å². The van der Waals surface area contributed by atoms with Crippen molar-refractivity contribution < 1.29 is 13.9 Å². The highest BCUT2D eigenvalue weighted by molar-refractivity contribution is 14.0. The van der Waals surface area contributed by atoms with Gasteiger partial charge in [-0.05, 0) is 56.2 Å². The maximum absolute atomic E-state index is 13.4. The normalized spacial score (nSPS) is 16.8. The smallest absolute Gasteiger partial charge is 0.191 e. The molecule has 1 saturated heterocycles. The van der Waals surface area contributed by atoms with Gasteiger partial charge < -0.3 is 15.7 Å². The molecule has 0 spiro atoms. The molecule has 8 heteroatoms. The number of likely N-dealkylation sites (tertiary alicyclic amines) is 1. The van der Waals surface area contributed by atoms with Gasteiger partial charge in [-0.2, -0.15) is 0 Å². The van der Waals surface area contributed by atoms with E-state index >= 15 is 0 Å². The molecule has 1 atom stereocenters. The third-order valence-corrected chi connectivity index (χ3v) is 5.40. The Bertz CT molecular complexity index is 634. The standard InChI is InChI=1S/C22H36F2N4O.HI/c1-3-5-17(10-13-29)15-26-22(25-4-2)27-19-8-11-28(12-9-19)16-18-6-7-20(23)21(24)14-18;/h6-7,14,17,19,29H,3-5,8-13,15-16H2,1-2H3,(H2,25,26,27);1H. The summed E-state index contributed by atoms with van der Waals surface area (Å²) in [6, 6.07) is 4.48. The van der Waals surface area contributed by atoms with Gasteiger partial charge >= 0.3 is 0 Å². The predicted octanol–water partition coefficient (Wildman–Crippen LogP) is 3.90. The zero-order valence-electron chi connectivity index (χ0n) is 18.2. The minimum Gasteiger partial charge on any atom is -0.396 e. The minimum absolute atomic E-state index is 0. The van der Waals surface area contributed by atoms with Gasteiger partial charge in [-0.15, -0.1) is 24.0 Å². The molecule has 0 radical (unpaired) electrons. The Balaban J connectivity index is 0.00000450. The largest absolute Gasteiger partial charge is 0.396 e. The molecular formula is C22H37F2IN4O. The lowest BCUT2D eigenvalue weighted by molar-refractivity contribution is 0.198. The number of aliphatic imine (C=N–C) groups is 1. The second-order valence-electron chi connectivity index (χ2n) is 7.83. The van der Waals surface area contributed by atoms with E-state index in [0.29, 0.717) is 18.5 Å². The number of aliphatic hydroxyl groups is 1. The topological polar surface area (TPSA) is 59.9 Å². The number of nitrogens with zero attached hydrogens (tertiary/aromatic N) is 2. The minimum atomic E-state index is -0.799. The molecule has 172 valence electrons. The Kier molecular flexibility index (Phi) is 13.4. The molecule has 1 aromatic carbocycles. The molecule has 0 saturated carbocycles. The first-order valence-corrected chi connectivity index (χ1v) is 10.9. The van der Waals surface area contributed by atoms with Gasteiger partial charge in [0.25, 0.3) is 0 Å². The predicted molar refractivity (Wildman–Crippen MR) is 129 cm³/mol. The van der Waals surface area contributed by atoms with E-state index in [1.807, 2.05) is 0 Å². The lowest BCUT2D eigenvalue weighted by Crippen LogP contribution is -2.48. The Morgan fingerprint density at radius 3 is 2.53 bits per heavy atom. The molecule has 1 aromatic rings. The zero-order valence-corrected chi connectivity index (χ0v) is 20.5. The second-order valence-corrected chi connectivity index (χ2v) is 7.83. The van der Waals surface area contributed by atoms with Crippen LogP contribution in [0.25, 0.3) is 0 Å². The van der Waals surface area contributed by atoms with Crippen LogP contribution in [0.5, 0.6) is 0 Å². The number of nitrogens with one attached hydrogen (secondary N) is 2. The van der Waals surface area contributed by atoms with Crippen molar-refractivity contribution in [1.82, 2.24) is 15.5 Å². The van der Waals surface area contributed by atoms with E-state index in [0.717, 1.165) is 69.8 Å². The van der Waals surface area contributed by atoms with Crippen LogP contribution in [0.2, 0.25) is 0 Å². The fraction of sp³-hybridized carbons (Fsp3) is 0.682. The first-order valence-electron chi connectivity index (χ1n) is 10.9. The van der Waals surface area contributed by atoms with Crippen LogP contribution in [-0.2, 0) is 6.54 Å². The number of hydrogen-bond acceptors (Lipinski definition) is 3. The molecule has 0 aliphatic carbocycles. The van der Waals surface area contributed by atoms with Gasteiger partial charge in [0.15, 0.2) is 17.6 Å². The number of rotatable bonds is 10. The van der Waals surface area contributed by atoms with E-state index in [1.165, 1.54) is 12.1 Å². The van der Waals surface area contributed by atoms with Crippen molar-refractivity contribution in [3.05, 3.63) is 35.4 Å². The molecule has 1 unspecified atom stereocenters. The molecule has 1 aliphatic heterocycles. The SMILES string of the molecule is CCCC(CCO)CN=C(NCC)NC1CCN(Cc2ccc(F)c(F)c2)CC1.I. The van der Waals surface area contributed by atoms with Crippen molar-refractivity contribution in [3.63, 3.8) is 0 Å². The molecule has 2 rings (SSSR count). The molecule has 0 bridgehead atoms. The van der Waals surface area contributed by atoms with Crippen molar-refractivity contribution in [2.24, 2.45) is 10.9 Å². The number of guanidine groups is 1. The van der Waals surface area contributed by atoms with Gasteiger partial charge in [0.05, 0.1) is 0 Å². The van der Waals surface area contributed by atoms with E-state index in [1.54, 1.807) is 6.07 Å². The van der Waals surface area contributed by atoms with Crippen molar-refractivity contribution >= 4 is 29.9 Å². The maximum Gasteiger partial charge on any atom is 0.191 e. The fourth-order valence-corrected chi connectivity index (χ4v) is 3.78. The molecule has 3 N–H and O–H groups in total. The molecular weight excluding hydrogens is 501 g/mol. The van der Waals surface area contributed by atoms with Crippen molar-refractivity contribution in [2.75, 3.05) is 32.8 Å². The summed E-state index contributed by atoms with van der Waals surface area (Å²) in [6.07, 6.45) is 4.91. The van der Waals surface area contributed by atoms with E-state index in [2.05, 4.69) is 29.4 Å². The number of benzene rings is 1. The monoisotopic (exact) mass is 538 g/mol. The Labute approximate surface area is 196 Å². The lowest BCUT2D eigenvalue weighted by atomic mass is 10.0. The first-order chi connectivity index (χ1) is 14.0. The third kappa shape index (κ3) is 9.43. The summed E-state index contributed by atoms with van der Waals surface area (Å²) in [5, 5.41) is 16.1. The second kappa shape index (κ2) is 14.9. The number of piperidine rings is 1. The third-order valence-electron chi connectivity index (χ3n) is 5.40. The highest BCUT2D eigenvalue weighted by Crippen LogP contribution is 2.16. The van der Waals surface area contributed by atoms with E-state index in [4.69, 9.17) is 4.99 Å². The van der Waals surface area contributed by atoms with E-state index in [-0.39, 0.29) is 30.6 Å². The number of hydrogen-bond donors (Lipinski definition) is 3. The first kappa shape index (κ1) is 27.0. The average Bonchev–Trinajstić information content (AvgIpc) is 2.71. The Hall–Kier alpha value is -1.00. The van der Waals surface area contributed by atoms with Gasteiger partial charge in [-0.3, -0.25) is 9.89 Å². The molecule has 1 fully saturated rings. The van der Waals surface area contributed by atoms with Crippen LogP contribution in [-0.4, -0.2) is 54.8 Å². The van der Waals surface area contributed by atoms with Gasteiger partial charge in [-0.25, -0.2) is 8.78 Å². The molecule has 0 amide bonds. The van der Waals surface area contributed by atoms with Crippen LogP contribution in [0.3, 0.4) is 0 Å². The van der Waals surface area contributed by atoms with Crippen LogP contribution in [0.1, 0.15) is 51.5 Å². The molecule has 5 nitrogen and oxygen atoms in total. The highest BCUT2D eigenvalue weighted by atomic mass is 127. The summed E-state index contributed by atoms with van der Waals surface area (Å²) in [7, 11) is 0. The van der Waals surface area contributed by atoms with Crippen LogP contribution < -0.4 is 10.6 Å². The molecule has 0 aromatic heterocycles. The highest BCUT2D eigenvalue weighted by Gasteiger charge is 2.20. The van der Waals surface area contributed by atoms with Crippen LogP contribution >= 0.6 is 24.0 Å². The Morgan fingerprint density at radius 1 is 1.20 bits per heavy atom. The van der Waals surface area contributed by atoms with Crippen LogP contribution in [0.15, 0.2) is 23.2 Å². The molecule has 1 heterocycles. The average molecular weight is 538 g/mol. The maximum atomic E-state index is 13.4. The van der Waals surface area contributed by atoms with E-state index < -0.39 is 11.6 Å². The summed E-state index contributed by atoms with van der Waals surface area (Å²) < 4.78 is 26.5. The van der Waals surface area contributed by atoms with Crippen LogP contribution in [0.4, 0.5) is 8.78 Å². The molecule has 30 heavy (non-hydrogen) atoms. The summed E-state index contributed by atoms with van der Waals surface area (Å²) in [4.78, 5) is 7.01. The van der Waals surface area contributed by atoms with E-state index in [9.17, 15) is 13.9 Å². The van der Waals surface area contributed by atoms with Gasteiger partial charge in [-0.1, -0.05) is 19.4 Å². The van der Waals surface area contributed by atoms with Crippen molar-refractivity contribution in [1.29, 1.82) is 0 Å². The zero-order chi connectivity index (χ0) is 21.1. The number of halogens is 3. The number of aliphatic hydroxyl groups excluding tert-OH is 1. The fourth-order valence-electron chi connectivity index (χ4n) is 3.78. The summed E-state index contributed by atoms with van der Waals surface area (Å²) in [5.41, 5.74) is 0.802. The quantitative estimate of drug-likeness (QED) is 0.240. The summed E-state index contributed by atoms with van der Waals surface area (Å²) in [5.74, 6) is -0.329. The van der Waals surface area contributed by atoms with Gasteiger partial charge in [0.1, 0.15) is 0 Å². The Morgan fingerprint density at radius 2 is 1.93 bits per heavy atom. The van der Waals surface area contributed by atoms with Gasteiger partial charge in [0, 0.05) is 45.4 Å². The summed E-state index contributed by atoms with van der Waals surface area (Å²) in [6.45, 7) is 8.39. The molecule has 1 aliphatic rings. The van der Waals surface area contributed by atoms with Gasteiger partial charge in [0.2, 0.25) is 0 Å².